The van der Waals surface area contributed by atoms with Crippen LogP contribution in [0, 0.1) is 0 Å². The zero-order valence-corrected chi connectivity index (χ0v) is 11.8. The molecule has 1 aromatic rings. The summed E-state index contributed by atoms with van der Waals surface area (Å²) in [6.45, 7) is 0. The average Bonchev–Trinajstić information content (AvgIpc) is 2.59. The zero-order chi connectivity index (χ0) is 12.0. The van der Waals surface area contributed by atoms with Gasteiger partial charge in [0.25, 0.3) is 0 Å². The molecule has 1 aliphatic rings. The molecule has 16 heavy (non-hydrogen) atoms. The molecule has 0 amide bonds. The van der Waals surface area contributed by atoms with Crippen molar-refractivity contribution < 1.29 is 0 Å². The summed E-state index contributed by atoms with van der Waals surface area (Å²) < 4.78 is -3.25. The van der Waals surface area contributed by atoms with E-state index in [0.717, 1.165) is 11.1 Å². The van der Waals surface area contributed by atoms with Crippen LogP contribution in [-0.2, 0) is 6.42 Å². The van der Waals surface area contributed by atoms with Gasteiger partial charge in [-0.1, -0.05) is 88.3 Å². The van der Waals surface area contributed by atoms with Gasteiger partial charge in [-0.2, -0.15) is 0 Å². The van der Waals surface area contributed by atoms with E-state index < -0.39 is 8.13 Å². The maximum atomic E-state index is 6.11. The van der Waals surface area contributed by atoms with Crippen molar-refractivity contribution in [3.63, 3.8) is 0 Å². The van der Waals surface area contributed by atoms with Crippen molar-refractivity contribution >= 4 is 64.1 Å². The summed E-state index contributed by atoms with van der Waals surface area (Å²) in [7, 11) is 0. The fourth-order valence-corrected chi connectivity index (χ4v) is 2.27. The van der Waals surface area contributed by atoms with Crippen molar-refractivity contribution in [1.29, 1.82) is 0 Å². The van der Waals surface area contributed by atoms with Gasteiger partial charge in [0.1, 0.15) is 0 Å². The van der Waals surface area contributed by atoms with Gasteiger partial charge >= 0.3 is 0 Å². The molecule has 0 saturated carbocycles. The number of hydrogen-bond donors (Lipinski definition) is 0. The first kappa shape index (κ1) is 12.9. The summed E-state index contributed by atoms with van der Waals surface area (Å²) in [6.07, 6.45) is 2.48. The molecule has 2 rings (SSSR count). The standard InChI is InChI=1S/C11H7Cl5/c12-10(13,11(14,15)16)9-5-7-3-1-2-4-8(7)6-9/h1-5H,6H2. The molecule has 0 radical (unpaired) electrons. The fourth-order valence-electron chi connectivity index (χ4n) is 1.66. The number of halogens is 5. The lowest BCUT2D eigenvalue weighted by atomic mass is 10.1. The largest absolute Gasteiger partial charge is 0.226 e. The molecule has 0 spiro atoms. The van der Waals surface area contributed by atoms with Crippen LogP contribution in [0.3, 0.4) is 0 Å². The minimum absolute atomic E-state index is 0.608. The second kappa shape index (κ2) is 4.26. The van der Waals surface area contributed by atoms with Gasteiger partial charge in [-0.3, -0.25) is 0 Å². The predicted octanol–water partition coefficient (Wildman–Crippen LogP) is 5.17. The Morgan fingerprint density at radius 1 is 0.938 bits per heavy atom. The number of rotatable bonds is 1. The second-order valence-electron chi connectivity index (χ2n) is 3.62. The van der Waals surface area contributed by atoms with Gasteiger partial charge in [-0.25, -0.2) is 0 Å². The molecule has 0 unspecified atom stereocenters. The van der Waals surface area contributed by atoms with E-state index in [1.807, 2.05) is 30.3 Å². The van der Waals surface area contributed by atoms with Crippen LogP contribution in [-0.4, -0.2) is 8.13 Å². The molecule has 0 aromatic heterocycles. The summed E-state index contributed by atoms with van der Waals surface area (Å²) in [6, 6.07) is 7.87. The van der Waals surface area contributed by atoms with Gasteiger partial charge in [-0.15, -0.1) is 0 Å². The summed E-state index contributed by atoms with van der Waals surface area (Å²) in [5.74, 6) is 0. The maximum absolute atomic E-state index is 6.11. The molecule has 0 nitrogen and oxygen atoms in total. The highest BCUT2D eigenvalue weighted by molar-refractivity contribution is 6.76. The van der Waals surface area contributed by atoms with Crippen molar-refractivity contribution in [2.45, 2.75) is 14.5 Å². The van der Waals surface area contributed by atoms with Crippen molar-refractivity contribution in [2.75, 3.05) is 0 Å². The van der Waals surface area contributed by atoms with E-state index >= 15 is 0 Å². The van der Waals surface area contributed by atoms with Gasteiger partial charge in [0.15, 0.2) is 4.33 Å². The summed E-state index contributed by atoms with van der Waals surface area (Å²) in [5.41, 5.74) is 2.91. The van der Waals surface area contributed by atoms with E-state index in [-0.39, 0.29) is 0 Å². The number of alkyl halides is 5. The number of fused-ring (bicyclic) bond motifs is 1. The van der Waals surface area contributed by atoms with Gasteiger partial charge in [-0.05, 0) is 23.1 Å². The van der Waals surface area contributed by atoms with Crippen molar-refractivity contribution in [3.05, 3.63) is 41.0 Å². The van der Waals surface area contributed by atoms with Gasteiger partial charge in [0.05, 0.1) is 0 Å². The lowest BCUT2D eigenvalue weighted by Crippen LogP contribution is -2.33. The van der Waals surface area contributed by atoms with E-state index in [2.05, 4.69) is 0 Å². The number of benzene rings is 1. The molecule has 1 aromatic carbocycles. The molecule has 0 N–H and O–H groups in total. The Morgan fingerprint density at radius 2 is 1.56 bits per heavy atom. The Balaban J connectivity index is 2.36. The van der Waals surface area contributed by atoms with Crippen LogP contribution in [0.5, 0.6) is 0 Å². The maximum Gasteiger partial charge on any atom is 0.226 e. The van der Waals surface area contributed by atoms with E-state index in [9.17, 15) is 0 Å². The first-order valence-corrected chi connectivity index (χ1v) is 6.45. The minimum Gasteiger partial charge on any atom is -0.0918 e. The van der Waals surface area contributed by atoms with Crippen molar-refractivity contribution in [3.8, 4) is 0 Å². The predicted molar refractivity (Wildman–Crippen MR) is 72.9 cm³/mol. The molecule has 5 heteroatoms. The van der Waals surface area contributed by atoms with Gasteiger partial charge in [0, 0.05) is 0 Å². The normalized spacial score (nSPS) is 15.9. The molecule has 0 atom stereocenters. The molecule has 86 valence electrons. The summed E-state index contributed by atoms with van der Waals surface area (Å²) >= 11 is 29.5. The van der Waals surface area contributed by atoms with Crippen LogP contribution < -0.4 is 0 Å². The third-order valence-electron chi connectivity index (χ3n) is 2.53. The molecule has 0 heterocycles. The number of hydrogen-bond acceptors (Lipinski definition) is 0. The minimum atomic E-state index is -1.75. The number of allylic oxidation sites excluding steroid dienone is 1. The Kier molecular flexibility index (Phi) is 3.42. The monoisotopic (exact) mass is 314 g/mol. The summed E-state index contributed by atoms with van der Waals surface area (Å²) in [5, 5.41) is 0. The smallest absolute Gasteiger partial charge is 0.0918 e. The van der Waals surface area contributed by atoms with E-state index in [0.29, 0.717) is 12.0 Å². The quantitative estimate of drug-likeness (QED) is 0.627. The van der Waals surface area contributed by atoms with E-state index in [1.165, 1.54) is 0 Å². The molecule has 0 saturated heterocycles. The van der Waals surface area contributed by atoms with Gasteiger partial charge < -0.3 is 0 Å². The van der Waals surface area contributed by atoms with Crippen LogP contribution in [0.25, 0.3) is 6.08 Å². The van der Waals surface area contributed by atoms with Crippen LogP contribution in [0.4, 0.5) is 0 Å². The SMILES string of the molecule is ClC(Cl)(Cl)C(Cl)(Cl)C1=Cc2ccccc2C1. The van der Waals surface area contributed by atoms with E-state index in [1.54, 1.807) is 0 Å². The third-order valence-corrected chi connectivity index (χ3v) is 5.01. The first-order valence-electron chi connectivity index (χ1n) is 4.56. The van der Waals surface area contributed by atoms with Crippen molar-refractivity contribution in [2.24, 2.45) is 0 Å². The van der Waals surface area contributed by atoms with Crippen LogP contribution in [0.2, 0.25) is 0 Å². The highest BCUT2D eigenvalue weighted by atomic mass is 35.6. The molecule has 0 bridgehead atoms. The molecular weight excluding hydrogens is 309 g/mol. The Hall–Kier alpha value is 0.410. The van der Waals surface area contributed by atoms with Crippen molar-refractivity contribution in [1.82, 2.24) is 0 Å². The zero-order valence-electron chi connectivity index (χ0n) is 7.98. The Morgan fingerprint density at radius 3 is 2.12 bits per heavy atom. The Labute approximate surface area is 119 Å². The second-order valence-corrected chi connectivity index (χ2v) is 7.23. The lowest BCUT2D eigenvalue weighted by Gasteiger charge is -2.28. The lowest BCUT2D eigenvalue weighted by molar-refractivity contribution is 0.895. The fraction of sp³-hybridized carbons (Fsp3) is 0.273. The Bertz CT molecular complexity index is 442. The molecule has 0 fully saturated rings. The molecule has 1 aliphatic carbocycles. The average molecular weight is 316 g/mol. The summed E-state index contributed by atoms with van der Waals surface area (Å²) in [4.78, 5) is 0. The van der Waals surface area contributed by atoms with E-state index in [4.69, 9.17) is 58.0 Å². The molecule has 0 aliphatic heterocycles. The highest BCUT2D eigenvalue weighted by Crippen LogP contribution is 2.52. The topological polar surface area (TPSA) is 0 Å². The van der Waals surface area contributed by atoms with Crippen LogP contribution >= 0.6 is 58.0 Å². The first-order chi connectivity index (χ1) is 7.32. The van der Waals surface area contributed by atoms with Gasteiger partial charge in [0.2, 0.25) is 3.79 Å². The molecular formula is C11H7Cl5. The highest BCUT2D eigenvalue weighted by Gasteiger charge is 2.49. The third kappa shape index (κ3) is 2.19. The van der Waals surface area contributed by atoms with Crippen LogP contribution in [0.1, 0.15) is 11.1 Å². The van der Waals surface area contributed by atoms with Crippen LogP contribution in [0.15, 0.2) is 29.8 Å².